The third-order valence-corrected chi connectivity index (χ3v) is 3.83. The largest absolute Gasteiger partial charge is 0.481 e. The molecule has 114 valence electrons. The first kappa shape index (κ1) is 15.5. The van der Waals surface area contributed by atoms with Gasteiger partial charge in [-0.25, -0.2) is 0 Å². The molecule has 1 fully saturated rings. The molecule has 1 heterocycles. The average Bonchev–Trinajstić information content (AvgIpc) is 2.86. The molecule has 2 atom stereocenters. The highest BCUT2D eigenvalue weighted by Gasteiger charge is 2.30. The number of aliphatic hydroxyl groups excluding tert-OH is 1. The highest BCUT2D eigenvalue weighted by molar-refractivity contribution is 5.95. The monoisotopic (exact) mass is 292 g/mol. The maximum atomic E-state index is 12.0. The van der Waals surface area contributed by atoms with Gasteiger partial charge in [0.1, 0.15) is 0 Å². The molecule has 21 heavy (non-hydrogen) atoms. The summed E-state index contributed by atoms with van der Waals surface area (Å²) in [6, 6.07) is 6.36. The molecule has 0 aliphatic carbocycles. The van der Waals surface area contributed by atoms with E-state index in [9.17, 15) is 19.8 Å². The Balaban J connectivity index is 2.03. The maximum absolute atomic E-state index is 12.0. The quantitative estimate of drug-likeness (QED) is 0.655. The normalized spacial score (nSPS) is 22.0. The molecule has 0 radical (unpaired) electrons. The van der Waals surface area contributed by atoms with E-state index < -0.39 is 23.5 Å². The first-order chi connectivity index (χ1) is 9.80. The molecule has 6 heteroatoms. The summed E-state index contributed by atoms with van der Waals surface area (Å²) >= 11 is 0. The number of carbonyl (C=O) groups excluding carboxylic acids is 1. The number of hydrogen-bond donors (Lipinski definition) is 4. The number of anilines is 1. The fourth-order valence-electron chi connectivity index (χ4n) is 2.24. The second-order valence-electron chi connectivity index (χ2n) is 5.85. The maximum Gasteiger partial charge on any atom is 0.313 e. The number of carboxylic acids is 1. The SMILES string of the molecule is CC(C)(C(=O)O)c1ccc(NC(=O)C2CC(O)CN2)cc1. The van der Waals surface area contributed by atoms with Gasteiger partial charge < -0.3 is 20.8 Å². The summed E-state index contributed by atoms with van der Waals surface area (Å²) in [6.07, 6.45) is -0.0878. The fourth-order valence-corrected chi connectivity index (χ4v) is 2.24. The zero-order valence-corrected chi connectivity index (χ0v) is 12.1. The summed E-state index contributed by atoms with van der Waals surface area (Å²) in [4.78, 5) is 23.2. The first-order valence-corrected chi connectivity index (χ1v) is 6.87. The van der Waals surface area contributed by atoms with Crippen LogP contribution < -0.4 is 10.6 Å². The van der Waals surface area contributed by atoms with Gasteiger partial charge in [-0.15, -0.1) is 0 Å². The topological polar surface area (TPSA) is 98.7 Å². The first-order valence-electron chi connectivity index (χ1n) is 6.87. The molecule has 2 unspecified atom stereocenters. The molecule has 0 saturated carbocycles. The number of carboxylic acid groups (broad SMARTS) is 1. The highest BCUT2D eigenvalue weighted by atomic mass is 16.4. The lowest BCUT2D eigenvalue weighted by atomic mass is 9.85. The summed E-state index contributed by atoms with van der Waals surface area (Å²) in [5.41, 5.74) is 0.301. The Labute approximate surface area is 123 Å². The molecule has 1 aromatic carbocycles. The Kier molecular flexibility index (Phi) is 4.29. The minimum atomic E-state index is -0.973. The van der Waals surface area contributed by atoms with Crippen LogP contribution in [0.5, 0.6) is 0 Å². The molecule has 1 aromatic rings. The van der Waals surface area contributed by atoms with Gasteiger partial charge in [-0.05, 0) is 38.0 Å². The van der Waals surface area contributed by atoms with E-state index in [2.05, 4.69) is 10.6 Å². The van der Waals surface area contributed by atoms with E-state index in [-0.39, 0.29) is 5.91 Å². The number of nitrogens with one attached hydrogen (secondary N) is 2. The molecule has 4 N–H and O–H groups in total. The lowest BCUT2D eigenvalue weighted by Gasteiger charge is -2.20. The number of β-amino-alcohol motifs (C(OH)–C–C–N with tert-alkyl or cyclic N) is 1. The van der Waals surface area contributed by atoms with Crippen molar-refractivity contribution < 1.29 is 19.8 Å². The van der Waals surface area contributed by atoms with Gasteiger partial charge in [0.15, 0.2) is 0 Å². The van der Waals surface area contributed by atoms with Crippen LogP contribution in [0.15, 0.2) is 24.3 Å². The van der Waals surface area contributed by atoms with Crippen LogP contribution in [0.4, 0.5) is 5.69 Å². The van der Waals surface area contributed by atoms with Crippen molar-refractivity contribution in [3.63, 3.8) is 0 Å². The smallest absolute Gasteiger partial charge is 0.313 e. The predicted molar refractivity (Wildman–Crippen MR) is 78.1 cm³/mol. The third kappa shape index (κ3) is 3.40. The van der Waals surface area contributed by atoms with Gasteiger partial charge >= 0.3 is 5.97 Å². The van der Waals surface area contributed by atoms with Gasteiger partial charge in [0.2, 0.25) is 5.91 Å². The number of carbonyl (C=O) groups is 2. The zero-order chi connectivity index (χ0) is 15.6. The Morgan fingerprint density at radius 2 is 1.90 bits per heavy atom. The van der Waals surface area contributed by atoms with Gasteiger partial charge in [-0.2, -0.15) is 0 Å². The molecule has 1 aliphatic rings. The Hall–Kier alpha value is -1.92. The standard InChI is InChI=1S/C15H20N2O4/c1-15(2,14(20)21)9-3-5-10(6-4-9)17-13(19)12-7-11(18)8-16-12/h3-6,11-12,16,18H,7-8H2,1-2H3,(H,17,19)(H,20,21). The van der Waals surface area contributed by atoms with E-state index in [0.717, 1.165) is 0 Å². The third-order valence-electron chi connectivity index (χ3n) is 3.83. The van der Waals surface area contributed by atoms with Crippen molar-refractivity contribution in [1.82, 2.24) is 5.32 Å². The van der Waals surface area contributed by atoms with Crippen LogP contribution >= 0.6 is 0 Å². The molecule has 1 aliphatic heterocycles. The van der Waals surface area contributed by atoms with Crippen LogP contribution in [0.1, 0.15) is 25.8 Å². The van der Waals surface area contributed by atoms with Crippen molar-refractivity contribution in [1.29, 1.82) is 0 Å². The van der Waals surface area contributed by atoms with Gasteiger partial charge in [0.25, 0.3) is 0 Å². The van der Waals surface area contributed by atoms with E-state index in [1.54, 1.807) is 38.1 Å². The minimum Gasteiger partial charge on any atom is -0.481 e. The van der Waals surface area contributed by atoms with E-state index in [1.165, 1.54) is 0 Å². The van der Waals surface area contributed by atoms with Crippen molar-refractivity contribution in [2.24, 2.45) is 0 Å². The summed E-state index contributed by atoms with van der Waals surface area (Å²) in [7, 11) is 0. The Bertz CT molecular complexity index is 539. The van der Waals surface area contributed by atoms with E-state index >= 15 is 0 Å². The van der Waals surface area contributed by atoms with Crippen LogP contribution in [-0.2, 0) is 15.0 Å². The van der Waals surface area contributed by atoms with E-state index in [4.69, 9.17) is 0 Å². The Morgan fingerprint density at radius 1 is 1.29 bits per heavy atom. The number of rotatable bonds is 4. The zero-order valence-electron chi connectivity index (χ0n) is 12.1. The molecule has 0 spiro atoms. The number of aliphatic carboxylic acids is 1. The average molecular weight is 292 g/mol. The second kappa shape index (κ2) is 5.83. The van der Waals surface area contributed by atoms with Crippen LogP contribution in [0.2, 0.25) is 0 Å². The molecule has 0 bridgehead atoms. The van der Waals surface area contributed by atoms with Crippen LogP contribution in [-0.4, -0.2) is 40.8 Å². The molecule has 1 amide bonds. The van der Waals surface area contributed by atoms with Gasteiger partial charge in [-0.1, -0.05) is 12.1 Å². The van der Waals surface area contributed by atoms with Crippen molar-refractivity contribution in [3.05, 3.63) is 29.8 Å². The van der Waals surface area contributed by atoms with E-state index in [1.807, 2.05) is 0 Å². The lowest BCUT2D eigenvalue weighted by molar-refractivity contribution is -0.142. The molecular formula is C15H20N2O4. The summed E-state index contributed by atoms with van der Waals surface area (Å²) in [6.45, 7) is 3.68. The molecule has 0 aromatic heterocycles. The molecule has 6 nitrogen and oxygen atoms in total. The highest BCUT2D eigenvalue weighted by Crippen LogP contribution is 2.25. The lowest BCUT2D eigenvalue weighted by Crippen LogP contribution is -2.35. The number of hydrogen-bond acceptors (Lipinski definition) is 4. The van der Waals surface area contributed by atoms with Crippen molar-refractivity contribution in [3.8, 4) is 0 Å². The molecule has 1 saturated heterocycles. The number of aliphatic hydroxyl groups is 1. The Morgan fingerprint density at radius 3 is 2.38 bits per heavy atom. The number of benzene rings is 1. The summed E-state index contributed by atoms with van der Waals surface area (Å²) in [5.74, 6) is -1.10. The molecule has 2 rings (SSSR count). The molecular weight excluding hydrogens is 272 g/mol. The van der Waals surface area contributed by atoms with Crippen molar-refractivity contribution in [2.75, 3.05) is 11.9 Å². The summed E-state index contributed by atoms with van der Waals surface area (Å²) in [5, 5.41) is 24.3. The van der Waals surface area contributed by atoms with Crippen molar-refractivity contribution in [2.45, 2.75) is 37.8 Å². The van der Waals surface area contributed by atoms with Gasteiger partial charge in [0, 0.05) is 12.2 Å². The second-order valence-corrected chi connectivity index (χ2v) is 5.85. The van der Waals surface area contributed by atoms with Crippen molar-refractivity contribution >= 4 is 17.6 Å². The van der Waals surface area contributed by atoms with E-state index in [0.29, 0.717) is 24.2 Å². The predicted octanol–water partition coefficient (Wildman–Crippen LogP) is 0.710. The number of amides is 1. The minimum absolute atomic E-state index is 0.197. The fraction of sp³-hybridized carbons (Fsp3) is 0.467. The summed E-state index contributed by atoms with van der Waals surface area (Å²) < 4.78 is 0. The van der Waals surface area contributed by atoms with Gasteiger partial charge in [-0.3, -0.25) is 9.59 Å². The van der Waals surface area contributed by atoms with Crippen LogP contribution in [0.3, 0.4) is 0 Å². The van der Waals surface area contributed by atoms with Crippen LogP contribution in [0, 0.1) is 0 Å². The van der Waals surface area contributed by atoms with Gasteiger partial charge in [0.05, 0.1) is 17.6 Å². The van der Waals surface area contributed by atoms with Crippen LogP contribution in [0.25, 0.3) is 0 Å².